The maximum Gasteiger partial charge on any atom is 0.0715 e. The van der Waals surface area contributed by atoms with Gasteiger partial charge in [0.25, 0.3) is 0 Å². The second-order valence-electron chi connectivity index (χ2n) is 6.48. The largest absolute Gasteiger partial charge is 0.545 e. The second-order valence-corrected chi connectivity index (χ2v) is 6.48. The topological polar surface area (TPSA) is 52.2 Å². The quantitative estimate of drug-likeness (QED) is 0.867. The summed E-state index contributed by atoms with van der Waals surface area (Å²) in [5, 5.41) is 14.8. The summed E-state index contributed by atoms with van der Waals surface area (Å²) in [4.78, 5) is 11.1. The van der Waals surface area contributed by atoms with Crippen LogP contribution >= 0.6 is 0 Å². The highest BCUT2D eigenvalue weighted by Crippen LogP contribution is 2.49. The van der Waals surface area contributed by atoms with Crippen molar-refractivity contribution in [2.24, 2.45) is 5.92 Å². The fraction of sp³-hybridized carbons (Fsp3) is 0.250. The fourth-order valence-electron chi connectivity index (χ4n) is 3.83. The molecular formula is C20H18NO2-. The highest BCUT2D eigenvalue weighted by atomic mass is 16.4. The van der Waals surface area contributed by atoms with Crippen molar-refractivity contribution in [1.29, 1.82) is 0 Å². The third-order valence-electron chi connectivity index (χ3n) is 5.03. The number of benzene rings is 2. The minimum atomic E-state index is -1.12. The van der Waals surface area contributed by atoms with Gasteiger partial charge in [-0.25, -0.2) is 0 Å². The van der Waals surface area contributed by atoms with Gasteiger partial charge in [0, 0.05) is 11.6 Å². The molecule has 0 aromatic heterocycles. The molecule has 0 fully saturated rings. The van der Waals surface area contributed by atoms with Gasteiger partial charge in [-0.05, 0) is 48.1 Å². The van der Waals surface area contributed by atoms with Gasteiger partial charge in [-0.15, -0.1) is 0 Å². The average Bonchev–Trinajstić information content (AvgIpc) is 3.04. The maximum absolute atomic E-state index is 11.1. The average molecular weight is 304 g/mol. The molecule has 2 aromatic rings. The first-order valence-electron chi connectivity index (χ1n) is 7.98. The molecule has 0 saturated heterocycles. The number of nitrogens with one attached hydrogen (secondary N) is 1. The van der Waals surface area contributed by atoms with E-state index in [9.17, 15) is 9.90 Å². The number of hydrogen-bond donors (Lipinski definition) is 1. The van der Waals surface area contributed by atoms with E-state index in [1.165, 1.54) is 11.1 Å². The monoisotopic (exact) mass is 304 g/mol. The van der Waals surface area contributed by atoms with Crippen LogP contribution in [0.15, 0.2) is 54.6 Å². The van der Waals surface area contributed by atoms with Gasteiger partial charge in [0.05, 0.1) is 12.0 Å². The summed E-state index contributed by atoms with van der Waals surface area (Å²) in [6, 6.07) is 14.1. The number of anilines is 1. The molecule has 1 aliphatic heterocycles. The molecule has 0 spiro atoms. The Hall–Kier alpha value is -2.55. The van der Waals surface area contributed by atoms with Gasteiger partial charge in [-0.3, -0.25) is 0 Å². The van der Waals surface area contributed by atoms with Crippen molar-refractivity contribution in [3.63, 3.8) is 0 Å². The Morgan fingerprint density at radius 3 is 2.70 bits per heavy atom. The summed E-state index contributed by atoms with van der Waals surface area (Å²) >= 11 is 0. The first kappa shape index (κ1) is 14.1. The van der Waals surface area contributed by atoms with E-state index >= 15 is 0 Å². The van der Waals surface area contributed by atoms with Crippen LogP contribution in [0.5, 0.6) is 0 Å². The number of allylic oxidation sites excluding steroid dienone is 2. The van der Waals surface area contributed by atoms with Crippen LogP contribution < -0.4 is 10.4 Å². The van der Waals surface area contributed by atoms with Gasteiger partial charge in [0.15, 0.2) is 0 Å². The Balaban J connectivity index is 1.77. The number of hydrogen-bond acceptors (Lipinski definition) is 3. The molecule has 4 rings (SSSR count). The summed E-state index contributed by atoms with van der Waals surface area (Å²) in [6.45, 7) is 2.09. The summed E-state index contributed by atoms with van der Waals surface area (Å²) in [5.74, 6) is -0.439. The normalized spacial score (nSPS) is 24.7. The highest BCUT2D eigenvalue weighted by molar-refractivity contribution is 5.87. The zero-order chi connectivity index (χ0) is 16.0. The van der Waals surface area contributed by atoms with E-state index in [1.54, 1.807) is 12.1 Å². The van der Waals surface area contributed by atoms with E-state index < -0.39 is 5.97 Å². The van der Waals surface area contributed by atoms with Crippen molar-refractivity contribution in [2.75, 3.05) is 5.32 Å². The number of fused-ring (bicyclic) bond motifs is 3. The van der Waals surface area contributed by atoms with E-state index in [0.29, 0.717) is 5.92 Å². The fourth-order valence-corrected chi connectivity index (χ4v) is 3.83. The molecule has 23 heavy (non-hydrogen) atoms. The van der Waals surface area contributed by atoms with E-state index in [2.05, 4.69) is 48.7 Å². The van der Waals surface area contributed by atoms with Crippen LogP contribution in [0.1, 0.15) is 45.4 Å². The van der Waals surface area contributed by atoms with Gasteiger partial charge in [-0.2, -0.15) is 0 Å². The number of rotatable bonds is 2. The number of carbonyl (C=O) groups excluding carboxylic acids is 1. The van der Waals surface area contributed by atoms with Crippen LogP contribution in [-0.2, 0) is 0 Å². The number of aryl methyl sites for hydroxylation is 1. The van der Waals surface area contributed by atoms with Crippen LogP contribution in [0.25, 0.3) is 0 Å². The molecule has 2 aromatic carbocycles. The van der Waals surface area contributed by atoms with Crippen LogP contribution in [0.2, 0.25) is 0 Å². The van der Waals surface area contributed by atoms with E-state index in [-0.39, 0.29) is 17.5 Å². The van der Waals surface area contributed by atoms with Gasteiger partial charge >= 0.3 is 0 Å². The number of carboxylic acid groups (broad SMARTS) is 1. The van der Waals surface area contributed by atoms with Crippen molar-refractivity contribution in [3.8, 4) is 0 Å². The summed E-state index contributed by atoms with van der Waals surface area (Å²) in [5.41, 5.74) is 4.87. The lowest BCUT2D eigenvalue weighted by Crippen LogP contribution is -2.30. The molecule has 0 bridgehead atoms. The third kappa shape index (κ3) is 2.33. The molecule has 2 aliphatic rings. The molecular weight excluding hydrogens is 286 g/mol. The Kier molecular flexibility index (Phi) is 3.22. The molecule has 1 heterocycles. The Labute approximate surface area is 135 Å². The van der Waals surface area contributed by atoms with Crippen molar-refractivity contribution >= 4 is 11.7 Å². The first-order chi connectivity index (χ1) is 11.1. The zero-order valence-corrected chi connectivity index (χ0v) is 13.0. The predicted octanol–water partition coefficient (Wildman–Crippen LogP) is 3.19. The van der Waals surface area contributed by atoms with Gasteiger partial charge in [-0.1, -0.05) is 48.0 Å². The molecule has 0 unspecified atom stereocenters. The van der Waals surface area contributed by atoms with Crippen molar-refractivity contribution in [3.05, 3.63) is 76.9 Å². The van der Waals surface area contributed by atoms with Crippen molar-refractivity contribution in [1.82, 2.24) is 0 Å². The summed E-state index contributed by atoms with van der Waals surface area (Å²) < 4.78 is 0. The van der Waals surface area contributed by atoms with Gasteiger partial charge in [0.2, 0.25) is 0 Å². The van der Waals surface area contributed by atoms with Gasteiger partial charge in [0.1, 0.15) is 0 Å². The minimum absolute atomic E-state index is 0.247. The van der Waals surface area contributed by atoms with Gasteiger partial charge < -0.3 is 15.2 Å². The highest BCUT2D eigenvalue weighted by Gasteiger charge is 2.37. The molecule has 116 valence electrons. The predicted molar refractivity (Wildman–Crippen MR) is 88.3 cm³/mol. The Morgan fingerprint density at radius 1 is 1.17 bits per heavy atom. The first-order valence-corrected chi connectivity index (χ1v) is 7.98. The molecule has 1 aliphatic carbocycles. The second kappa shape index (κ2) is 5.27. The lowest BCUT2D eigenvalue weighted by Gasteiger charge is -2.38. The lowest BCUT2D eigenvalue weighted by molar-refractivity contribution is -0.255. The summed E-state index contributed by atoms with van der Waals surface area (Å²) in [7, 11) is 0. The minimum Gasteiger partial charge on any atom is -0.545 e. The Bertz CT molecular complexity index is 792. The van der Waals surface area contributed by atoms with Crippen molar-refractivity contribution in [2.45, 2.75) is 25.3 Å². The van der Waals surface area contributed by atoms with E-state index in [4.69, 9.17) is 0 Å². The third-order valence-corrected chi connectivity index (χ3v) is 5.03. The Morgan fingerprint density at radius 2 is 1.96 bits per heavy atom. The SMILES string of the molecule is Cc1ccc([C@H]2Nc3ccc(C(=O)[O-])cc3[C@H]3C=CC[C@@H]32)cc1. The zero-order valence-electron chi connectivity index (χ0n) is 13.0. The molecule has 0 saturated carbocycles. The summed E-state index contributed by atoms with van der Waals surface area (Å²) in [6.07, 6.45) is 5.43. The maximum atomic E-state index is 11.1. The standard InChI is InChI=1S/C20H19NO2/c1-12-5-7-13(8-6-12)19-16-4-2-3-15(16)17-11-14(20(22)23)9-10-18(17)21-19/h2-3,5-11,15-16,19,21H,4H2,1H3,(H,22,23)/p-1/t15-,16-,19+/m0/s1. The number of aromatic carboxylic acids is 1. The smallest absolute Gasteiger partial charge is 0.0715 e. The lowest BCUT2D eigenvalue weighted by atomic mass is 9.76. The van der Waals surface area contributed by atoms with Crippen molar-refractivity contribution < 1.29 is 9.90 Å². The molecule has 1 N–H and O–H groups in total. The number of carbonyl (C=O) groups is 1. The molecule has 0 radical (unpaired) electrons. The van der Waals surface area contributed by atoms with Crippen LogP contribution in [-0.4, -0.2) is 5.97 Å². The molecule has 3 atom stereocenters. The molecule has 3 nitrogen and oxygen atoms in total. The van der Waals surface area contributed by atoms with Crippen LogP contribution in [0.4, 0.5) is 5.69 Å². The van der Waals surface area contributed by atoms with Crippen LogP contribution in [0.3, 0.4) is 0 Å². The van der Waals surface area contributed by atoms with E-state index in [0.717, 1.165) is 17.7 Å². The van der Waals surface area contributed by atoms with E-state index in [1.807, 2.05) is 6.07 Å². The molecule has 0 amide bonds. The van der Waals surface area contributed by atoms with Crippen LogP contribution in [0, 0.1) is 12.8 Å². The number of carboxylic acids is 1. The molecule has 3 heteroatoms.